The number of hydrogen-bond acceptors (Lipinski definition) is 5. The average molecular weight is 907 g/mol. The number of rotatable bonds is 6. The van der Waals surface area contributed by atoms with Crippen molar-refractivity contribution in [2.45, 2.75) is 12.8 Å². The smallest absolute Gasteiger partial charge is 0.784 e. The average Bonchev–Trinajstić information content (AvgIpc) is 2.95. The molecule has 4 aromatic rings. The largest absolute Gasteiger partial charge is 1.00 e. The summed E-state index contributed by atoms with van der Waals surface area (Å²) in [5.41, 5.74) is 0. The Morgan fingerprint density at radius 3 is 0.933 bits per heavy atom. The molecule has 45 heavy (non-hydrogen) atoms. The molecule has 0 aliphatic carbocycles. The van der Waals surface area contributed by atoms with Gasteiger partial charge in [-0.3, -0.25) is 9.00 Å². The Bertz CT molecular complexity index is 1180. The Balaban J connectivity index is -0.000000518. The van der Waals surface area contributed by atoms with E-state index >= 15 is 0 Å². The van der Waals surface area contributed by atoms with Crippen molar-refractivity contribution >= 4 is 35.7 Å². The number of halogens is 7. The van der Waals surface area contributed by atoms with Crippen molar-refractivity contribution in [1.29, 1.82) is 0 Å². The van der Waals surface area contributed by atoms with Crippen LogP contribution in [0.2, 0.25) is 0 Å². The van der Waals surface area contributed by atoms with Gasteiger partial charge in [0.15, 0.2) is 14.3 Å². The first kappa shape index (κ1) is 47.6. The van der Waals surface area contributed by atoms with Crippen LogP contribution in [0.1, 0.15) is 6.92 Å². The van der Waals surface area contributed by atoms with Crippen LogP contribution in [0.25, 0.3) is 0 Å². The molecule has 0 unspecified atom stereocenters. The number of benzene rings is 4. The zero-order chi connectivity index (χ0) is 32.7. The summed E-state index contributed by atoms with van der Waals surface area (Å²) in [5.74, 6) is -7.83. The van der Waals surface area contributed by atoms with Crippen LogP contribution in [-0.2, 0) is 21.0 Å². The molecule has 0 aliphatic rings. The van der Waals surface area contributed by atoms with E-state index in [1.807, 2.05) is 0 Å². The van der Waals surface area contributed by atoms with E-state index in [9.17, 15) is 22.4 Å². The number of carbonyl (C=O) groups is 2. The van der Waals surface area contributed by atoms with E-state index in [4.69, 9.17) is 28.3 Å². The Labute approximate surface area is 310 Å². The molecule has 0 aliphatic heterocycles. The summed E-state index contributed by atoms with van der Waals surface area (Å²) in [6, 6.07) is 42.8. The van der Waals surface area contributed by atoms with Crippen LogP contribution in [0.4, 0.5) is 17.6 Å². The van der Waals surface area contributed by atoms with E-state index in [1.165, 1.54) is 14.3 Å². The maximum Gasteiger partial charge on any atom is 1.00 e. The first-order valence-electron chi connectivity index (χ1n) is 11.5. The van der Waals surface area contributed by atoms with Crippen molar-refractivity contribution in [3.8, 4) is 0 Å². The Morgan fingerprint density at radius 2 is 0.822 bits per heavy atom. The normalized spacial score (nSPS) is 9.24. The van der Waals surface area contributed by atoms with Crippen LogP contribution in [0.15, 0.2) is 121 Å². The standard InChI is InChI=1S/2C12H10I.C3H4F2O2.C2HF2O2.ClH.Na.H2O3S/c2*1-3-7-11(8-4-1)13-12-9-5-2-6-10-12;1-3(4,5)2(6)7;3-1(4)2(5)6;;;1-4(2)3/h2*1-10H;1H3,(H,6,7);(H,5,6);1H;;(H2,1,2,3)/q2*+1;;-1;;+1;/p-2. The minimum Gasteiger partial charge on any atom is -0.784 e. The fourth-order valence-electron chi connectivity index (χ4n) is 2.16. The molecule has 4 rings (SSSR count). The van der Waals surface area contributed by atoms with E-state index in [2.05, 4.69) is 121 Å². The Hall–Kier alpha value is -1.77. The molecular formula is C29H26ClF4I2NaO7S. The van der Waals surface area contributed by atoms with Crippen molar-refractivity contribution in [3.05, 3.63) is 142 Å². The topological polar surface area (TPSA) is 138 Å². The van der Waals surface area contributed by atoms with Crippen molar-refractivity contribution in [1.82, 2.24) is 0 Å². The van der Waals surface area contributed by atoms with Gasteiger partial charge in [0.05, 0.1) is 0 Å². The number of aliphatic carboxylic acids is 2. The van der Waals surface area contributed by atoms with Crippen LogP contribution >= 0.6 is 12.4 Å². The Kier molecular flexibility index (Phi) is 30.1. The summed E-state index contributed by atoms with van der Waals surface area (Å²) in [6.07, 6.45) is -2.57. The summed E-state index contributed by atoms with van der Waals surface area (Å²) >= 11 is -3.05. The minimum absolute atomic E-state index is 0. The third-order valence-electron chi connectivity index (χ3n) is 3.91. The summed E-state index contributed by atoms with van der Waals surface area (Å²) in [4.78, 5) is 18.2. The number of carboxylic acid groups (broad SMARTS) is 2. The molecule has 0 bridgehead atoms. The molecule has 7 nitrogen and oxygen atoms in total. The molecule has 0 spiro atoms. The van der Waals surface area contributed by atoms with E-state index in [0.717, 1.165) is 0 Å². The van der Waals surface area contributed by atoms with Gasteiger partial charge in [0.1, 0.15) is 0 Å². The molecule has 240 valence electrons. The SMILES string of the molecule is CC(F)(F)C(=O)O.Cl.O=C(O)[C-](F)F.O=S([O-])[O-].[Na+].c1ccc([I+]c2ccccc2)cc1.c1ccc([I+]c2ccccc2)cc1. The van der Waals surface area contributed by atoms with Gasteiger partial charge in [0.2, 0.25) is 5.97 Å². The van der Waals surface area contributed by atoms with Crippen LogP contribution in [-0.4, -0.2) is 41.4 Å². The first-order valence-corrected chi connectivity index (χ1v) is 16.8. The Morgan fingerprint density at radius 1 is 0.667 bits per heavy atom. The molecular weight excluding hydrogens is 881 g/mol. The maximum absolute atomic E-state index is 11.2. The summed E-state index contributed by atoms with van der Waals surface area (Å²) in [6.45, 7) is 0.329. The minimum atomic E-state index is -3.58. The molecule has 0 amide bonds. The zero-order valence-electron chi connectivity index (χ0n) is 23.6. The van der Waals surface area contributed by atoms with Gasteiger partial charge in [-0.25, -0.2) is 4.79 Å². The van der Waals surface area contributed by atoms with Gasteiger partial charge in [-0.1, -0.05) is 72.8 Å². The van der Waals surface area contributed by atoms with E-state index < -0.39 is 35.6 Å². The molecule has 0 saturated carbocycles. The fraction of sp³-hybridized carbons (Fsp3) is 0.0690. The van der Waals surface area contributed by atoms with Crippen molar-refractivity contribution < 1.29 is 123 Å². The molecule has 0 heterocycles. The van der Waals surface area contributed by atoms with Gasteiger partial charge in [-0.2, -0.15) is 8.78 Å². The second-order valence-electron chi connectivity index (χ2n) is 7.33. The molecule has 0 aromatic heterocycles. The molecule has 4 aromatic carbocycles. The third kappa shape index (κ3) is 29.4. The number of alkyl halides is 2. The van der Waals surface area contributed by atoms with Gasteiger partial charge in [-0.15, -0.1) is 23.8 Å². The molecule has 0 radical (unpaired) electrons. The van der Waals surface area contributed by atoms with Gasteiger partial charge in [0.25, 0.3) is 0 Å². The maximum atomic E-state index is 11.2. The van der Waals surface area contributed by atoms with Gasteiger partial charge < -0.3 is 28.1 Å². The van der Waals surface area contributed by atoms with Gasteiger partial charge in [-0.05, 0) is 48.5 Å². The fourth-order valence-corrected chi connectivity index (χ4v) is 6.70. The predicted octanol–water partition coefficient (Wildman–Crippen LogP) is -2.72. The van der Waals surface area contributed by atoms with Gasteiger partial charge in [0, 0.05) is 13.3 Å². The summed E-state index contributed by atoms with van der Waals surface area (Å²) < 4.78 is 74.7. The van der Waals surface area contributed by atoms with Crippen LogP contribution in [0.5, 0.6) is 0 Å². The molecule has 0 atom stereocenters. The third-order valence-corrected chi connectivity index (χ3v) is 9.27. The number of hydrogen-bond donors (Lipinski definition) is 2. The monoisotopic (exact) mass is 906 g/mol. The van der Waals surface area contributed by atoms with Crippen LogP contribution < -0.4 is 72.0 Å². The molecule has 2 N–H and O–H groups in total. The predicted molar refractivity (Wildman–Crippen MR) is 149 cm³/mol. The second kappa shape index (κ2) is 28.5. The van der Waals surface area contributed by atoms with E-state index in [-0.39, 0.29) is 84.4 Å². The van der Waals surface area contributed by atoms with Crippen molar-refractivity contribution in [2.24, 2.45) is 0 Å². The van der Waals surface area contributed by atoms with Gasteiger partial charge >= 0.3 is 83.9 Å². The number of carboxylic acids is 2. The second-order valence-corrected chi connectivity index (χ2v) is 13.8. The van der Waals surface area contributed by atoms with Crippen molar-refractivity contribution in [3.63, 3.8) is 0 Å². The van der Waals surface area contributed by atoms with Crippen molar-refractivity contribution in [2.75, 3.05) is 0 Å². The first-order chi connectivity index (χ1) is 20.2. The molecule has 16 heteroatoms. The zero-order valence-corrected chi connectivity index (χ0v) is 31.5. The molecule has 0 fully saturated rings. The molecule has 0 saturated heterocycles. The summed E-state index contributed by atoms with van der Waals surface area (Å²) in [7, 11) is 0. The van der Waals surface area contributed by atoms with E-state index in [1.54, 1.807) is 0 Å². The quantitative estimate of drug-likeness (QED) is 0.0706. The summed E-state index contributed by atoms with van der Waals surface area (Å²) in [5, 5.41) is 14.7. The van der Waals surface area contributed by atoms with Crippen LogP contribution in [0.3, 0.4) is 0 Å². The van der Waals surface area contributed by atoms with E-state index in [0.29, 0.717) is 6.92 Å². The van der Waals surface area contributed by atoms with Crippen LogP contribution in [0, 0.1) is 20.7 Å².